The average molecular weight is 141 g/mol. The molecular weight excluding hydrogens is 132 g/mol. The van der Waals surface area contributed by atoms with E-state index in [2.05, 4.69) is 9.97 Å². The van der Waals surface area contributed by atoms with Crippen LogP contribution in [-0.4, -0.2) is 12.1 Å². The molecule has 0 bridgehead atoms. The first kappa shape index (κ1) is 6.80. The Balaban J connectivity index is 3.17. The molecule has 0 fully saturated rings. The number of nitrogens with one attached hydrogen (secondary N) is 2. The van der Waals surface area contributed by atoms with Crippen LogP contribution in [0.3, 0.4) is 0 Å². The van der Waals surface area contributed by atoms with Gasteiger partial charge in [0.25, 0.3) is 0 Å². The standard InChI is InChI=1S/C6H8N2O2/c1-4-3-7-6(10-2)8-5(4)9/h3H,1-2H3,(H,7,8,9)/p+1. The van der Waals surface area contributed by atoms with Crippen LogP contribution in [0.2, 0.25) is 0 Å². The Morgan fingerprint density at radius 1 is 1.70 bits per heavy atom. The quantitative estimate of drug-likeness (QED) is 0.573. The summed E-state index contributed by atoms with van der Waals surface area (Å²) in [6.07, 6.45) is 1.59. The summed E-state index contributed by atoms with van der Waals surface area (Å²) in [5.74, 6) is 0. The number of H-pyrrole nitrogens is 2. The van der Waals surface area contributed by atoms with E-state index in [0.29, 0.717) is 11.6 Å². The summed E-state index contributed by atoms with van der Waals surface area (Å²) in [5.41, 5.74) is 0.511. The zero-order chi connectivity index (χ0) is 7.56. The van der Waals surface area contributed by atoms with Crippen molar-refractivity contribution in [2.75, 3.05) is 7.11 Å². The summed E-state index contributed by atoms with van der Waals surface area (Å²) >= 11 is 0. The molecule has 0 amide bonds. The van der Waals surface area contributed by atoms with Crippen molar-refractivity contribution < 1.29 is 9.72 Å². The molecule has 0 aliphatic heterocycles. The van der Waals surface area contributed by atoms with Crippen LogP contribution in [0.15, 0.2) is 11.0 Å². The molecule has 0 aromatic carbocycles. The van der Waals surface area contributed by atoms with Gasteiger partial charge in [0.1, 0.15) is 6.20 Å². The highest BCUT2D eigenvalue weighted by Crippen LogP contribution is 1.87. The zero-order valence-electron chi connectivity index (χ0n) is 5.89. The Morgan fingerprint density at radius 3 is 2.90 bits per heavy atom. The molecule has 0 atom stereocenters. The van der Waals surface area contributed by atoms with Crippen LogP contribution < -0.4 is 15.3 Å². The van der Waals surface area contributed by atoms with Crippen molar-refractivity contribution in [1.29, 1.82) is 0 Å². The van der Waals surface area contributed by atoms with Crippen molar-refractivity contribution in [2.45, 2.75) is 6.92 Å². The fourth-order valence-corrected chi connectivity index (χ4v) is 0.587. The van der Waals surface area contributed by atoms with Crippen molar-refractivity contribution in [3.05, 3.63) is 22.1 Å². The van der Waals surface area contributed by atoms with Crippen molar-refractivity contribution in [3.63, 3.8) is 0 Å². The molecule has 0 unspecified atom stereocenters. The molecular formula is C6H9N2O2+. The van der Waals surface area contributed by atoms with E-state index in [1.54, 1.807) is 13.1 Å². The lowest BCUT2D eigenvalue weighted by molar-refractivity contribution is -0.399. The van der Waals surface area contributed by atoms with E-state index in [1.165, 1.54) is 7.11 Å². The van der Waals surface area contributed by atoms with Gasteiger partial charge in [0.2, 0.25) is 0 Å². The second kappa shape index (κ2) is 2.51. The molecule has 0 aliphatic carbocycles. The van der Waals surface area contributed by atoms with E-state index in [0.717, 1.165) is 0 Å². The summed E-state index contributed by atoms with van der Waals surface area (Å²) in [6, 6.07) is 0.371. The smallest absolute Gasteiger partial charge is 0.434 e. The van der Waals surface area contributed by atoms with Gasteiger partial charge in [-0.3, -0.25) is 0 Å². The van der Waals surface area contributed by atoms with Gasteiger partial charge >= 0.3 is 11.6 Å². The molecule has 10 heavy (non-hydrogen) atoms. The molecule has 0 spiro atoms. The summed E-state index contributed by atoms with van der Waals surface area (Å²) in [5, 5.41) is 0. The fourth-order valence-electron chi connectivity index (χ4n) is 0.587. The Labute approximate surface area is 57.9 Å². The SMILES string of the molecule is COc1[nH]c(=O)c(C)c[nH+]1. The molecule has 0 radical (unpaired) electrons. The highest BCUT2D eigenvalue weighted by Gasteiger charge is 2.02. The van der Waals surface area contributed by atoms with Gasteiger partial charge in [0.15, 0.2) is 0 Å². The fraction of sp³-hybridized carbons (Fsp3) is 0.333. The summed E-state index contributed by atoms with van der Waals surface area (Å²) in [4.78, 5) is 16.1. The van der Waals surface area contributed by atoms with Gasteiger partial charge in [-0.25, -0.2) is 9.78 Å². The third-order valence-electron chi connectivity index (χ3n) is 1.21. The Morgan fingerprint density at radius 2 is 2.40 bits per heavy atom. The molecule has 0 saturated heterocycles. The average Bonchev–Trinajstić information content (AvgIpc) is 1.95. The van der Waals surface area contributed by atoms with Crippen LogP contribution in [-0.2, 0) is 0 Å². The number of methoxy groups -OCH3 is 1. The maximum absolute atomic E-state index is 10.8. The maximum atomic E-state index is 10.8. The van der Waals surface area contributed by atoms with Crippen molar-refractivity contribution in [1.82, 2.24) is 4.98 Å². The molecule has 1 rings (SSSR count). The van der Waals surface area contributed by atoms with Crippen molar-refractivity contribution in [3.8, 4) is 6.01 Å². The minimum absolute atomic E-state index is 0.129. The maximum Gasteiger partial charge on any atom is 0.454 e. The number of rotatable bonds is 1. The predicted molar refractivity (Wildman–Crippen MR) is 34.9 cm³/mol. The van der Waals surface area contributed by atoms with Crippen molar-refractivity contribution in [2.24, 2.45) is 0 Å². The first-order valence-corrected chi connectivity index (χ1v) is 2.89. The van der Waals surface area contributed by atoms with Gasteiger partial charge < -0.3 is 4.74 Å². The largest absolute Gasteiger partial charge is 0.454 e. The third kappa shape index (κ3) is 1.15. The molecule has 2 N–H and O–H groups in total. The van der Waals surface area contributed by atoms with Crippen LogP contribution in [0.5, 0.6) is 6.01 Å². The molecule has 0 saturated carbocycles. The molecule has 1 aromatic rings. The summed E-state index contributed by atoms with van der Waals surface area (Å²) in [6.45, 7) is 1.72. The predicted octanol–water partition coefficient (Wildman–Crippen LogP) is -0.494. The number of hydrogen-bond acceptors (Lipinski definition) is 2. The minimum atomic E-state index is -0.129. The van der Waals surface area contributed by atoms with Crippen LogP contribution in [0.25, 0.3) is 0 Å². The third-order valence-corrected chi connectivity index (χ3v) is 1.21. The molecule has 4 heteroatoms. The molecule has 4 nitrogen and oxygen atoms in total. The second-order valence-corrected chi connectivity index (χ2v) is 1.96. The number of ether oxygens (including phenoxy) is 1. The number of aromatic amines is 2. The number of aromatic nitrogens is 2. The van der Waals surface area contributed by atoms with E-state index in [9.17, 15) is 4.79 Å². The molecule has 0 aliphatic rings. The number of aryl methyl sites for hydroxylation is 1. The number of hydrogen-bond donors (Lipinski definition) is 1. The van der Waals surface area contributed by atoms with Gasteiger partial charge in [0, 0.05) is 0 Å². The second-order valence-electron chi connectivity index (χ2n) is 1.96. The lowest BCUT2D eigenvalue weighted by Crippen LogP contribution is -2.20. The van der Waals surface area contributed by atoms with Gasteiger partial charge in [-0.15, -0.1) is 0 Å². The molecule has 1 heterocycles. The zero-order valence-corrected chi connectivity index (χ0v) is 5.89. The highest BCUT2D eigenvalue weighted by atomic mass is 16.5. The summed E-state index contributed by atoms with van der Waals surface area (Å²) in [7, 11) is 1.48. The van der Waals surface area contributed by atoms with E-state index >= 15 is 0 Å². The minimum Gasteiger partial charge on any atom is -0.434 e. The van der Waals surface area contributed by atoms with Crippen molar-refractivity contribution >= 4 is 0 Å². The Kier molecular flexibility index (Phi) is 1.71. The van der Waals surface area contributed by atoms with Gasteiger partial charge in [-0.05, 0) is 6.92 Å². The van der Waals surface area contributed by atoms with Gasteiger partial charge in [0.05, 0.1) is 12.7 Å². The molecule has 54 valence electrons. The Hall–Kier alpha value is -1.32. The van der Waals surface area contributed by atoms with Crippen LogP contribution in [0, 0.1) is 6.92 Å². The lowest BCUT2D eigenvalue weighted by Gasteiger charge is -1.89. The first-order chi connectivity index (χ1) is 4.74. The van der Waals surface area contributed by atoms with Gasteiger partial charge in [-0.2, -0.15) is 4.98 Å². The Bertz CT molecular complexity index is 279. The van der Waals surface area contributed by atoms with Crippen LogP contribution in [0.4, 0.5) is 0 Å². The van der Waals surface area contributed by atoms with Crippen LogP contribution in [0.1, 0.15) is 5.56 Å². The van der Waals surface area contributed by atoms with E-state index in [-0.39, 0.29) is 5.56 Å². The van der Waals surface area contributed by atoms with E-state index in [1.807, 2.05) is 0 Å². The molecule has 1 aromatic heterocycles. The van der Waals surface area contributed by atoms with E-state index in [4.69, 9.17) is 4.74 Å². The summed E-state index contributed by atoms with van der Waals surface area (Å²) < 4.78 is 4.74. The first-order valence-electron chi connectivity index (χ1n) is 2.89. The van der Waals surface area contributed by atoms with Gasteiger partial charge in [-0.1, -0.05) is 0 Å². The monoisotopic (exact) mass is 141 g/mol. The lowest BCUT2D eigenvalue weighted by atomic mass is 10.4. The topological polar surface area (TPSA) is 56.2 Å². The van der Waals surface area contributed by atoms with E-state index < -0.39 is 0 Å². The van der Waals surface area contributed by atoms with Crippen LogP contribution >= 0.6 is 0 Å². The normalized spacial score (nSPS) is 9.40. The highest BCUT2D eigenvalue weighted by molar-refractivity contribution is 4.98.